The number of piperidine rings is 1. The standard InChI is InChI=1S/C23H22F3N5O/c1-13-11-31(12-18(27)23(13)32)20-7-8-28-10-19(20)29-9-14-5-6-17(26)22(30-14)21-15(24)3-2-4-16(21)25/h2-8,10,18,23,29,32H,1,9,11-12,27H2/t18-,23-/m1/s1. The number of halogens is 3. The molecule has 0 aliphatic carbocycles. The van der Waals surface area contributed by atoms with Gasteiger partial charge in [0.05, 0.1) is 47.5 Å². The average Bonchev–Trinajstić information content (AvgIpc) is 2.77. The highest BCUT2D eigenvalue weighted by Gasteiger charge is 2.29. The summed E-state index contributed by atoms with van der Waals surface area (Å²) in [6.07, 6.45) is 2.50. The second-order valence-corrected chi connectivity index (χ2v) is 7.62. The van der Waals surface area contributed by atoms with Crippen molar-refractivity contribution < 1.29 is 18.3 Å². The normalized spacial score (nSPS) is 18.7. The number of rotatable bonds is 5. The van der Waals surface area contributed by atoms with Gasteiger partial charge in [0, 0.05) is 19.3 Å². The first-order chi connectivity index (χ1) is 15.3. The van der Waals surface area contributed by atoms with Crippen molar-refractivity contribution in [1.29, 1.82) is 0 Å². The summed E-state index contributed by atoms with van der Waals surface area (Å²) in [4.78, 5) is 10.2. The molecule has 3 heterocycles. The van der Waals surface area contributed by atoms with Crippen molar-refractivity contribution in [2.45, 2.75) is 18.7 Å². The van der Waals surface area contributed by atoms with Gasteiger partial charge < -0.3 is 21.1 Å². The van der Waals surface area contributed by atoms with Crippen LogP contribution in [-0.4, -0.2) is 40.3 Å². The van der Waals surface area contributed by atoms with Gasteiger partial charge in [-0.15, -0.1) is 0 Å². The summed E-state index contributed by atoms with van der Waals surface area (Å²) in [6.45, 7) is 4.90. The fraction of sp³-hybridized carbons (Fsp3) is 0.217. The summed E-state index contributed by atoms with van der Waals surface area (Å²) in [5.41, 5.74) is 7.59. The Bertz CT molecular complexity index is 1140. The summed E-state index contributed by atoms with van der Waals surface area (Å²) < 4.78 is 42.6. The van der Waals surface area contributed by atoms with E-state index in [-0.39, 0.29) is 6.54 Å². The third kappa shape index (κ3) is 4.30. The molecule has 0 radical (unpaired) electrons. The Morgan fingerprint density at radius 2 is 1.88 bits per heavy atom. The molecule has 1 aliphatic rings. The smallest absolute Gasteiger partial charge is 0.149 e. The van der Waals surface area contributed by atoms with E-state index in [4.69, 9.17) is 5.73 Å². The van der Waals surface area contributed by atoms with E-state index in [1.165, 1.54) is 12.1 Å². The number of pyridine rings is 2. The number of anilines is 2. The zero-order chi connectivity index (χ0) is 22.8. The molecule has 1 fully saturated rings. The van der Waals surface area contributed by atoms with Crippen molar-refractivity contribution in [3.8, 4) is 11.3 Å². The van der Waals surface area contributed by atoms with E-state index in [9.17, 15) is 18.3 Å². The Labute approximate surface area is 183 Å². The van der Waals surface area contributed by atoms with Crippen LogP contribution in [0.5, 0.6) is 0 Å². The number of hydrogen-bond acceptors (Lipinski definition) is 6. The van der Waals surface area contributed by atoms with Crippen molar-refractivity contribution in [3.05, 3.63) is 84.1 Å². The highest BCUT2D eigenvalue weighted by atomic mass is 19.1. The van der Waals surface area contributed by atoms with Crippen molar-refractivity contribution in [2.75, 3.05) is 23.3 Å². The second-order valence-electron chi connectivity index (χ2n) is 7.62. The van der Waals surface area contributed by atoms with E-state index in [0.29, 0.717) is 30.0 Å². The van der Waals surface area contributed by atoms with Gasteiger partial charge in [0.2, 0.25) is 0 Å². The number of benzene rings is 1. The van der Waals surface area contributed by atoms with Gasteiger partial charge in [0.1, 0.15) is 23.1 Å². The maximum absolute atomic E-state index is 14.3. The largest absolute Gasteiger partial charge is 0.387 e. The van der Waals surface area contributed by atoms with Crippen molar-refractivity contribution in [3.63, 3.8) is 0 Å². The first-order valence-electron chi connectivity index (χ1n) is 9.99. The summed E-state index contributed by atoms with van der Waals surface area (Å²) in [6, 6.07) is 7.22. The van der Waals surface area contributed by atoms with E-state index < -0.39 is 40.9 Å². The predicted octanol–water partition coefficient (Wildman–Crippen LogP) is 3.24. The van der Waals surface area contributed by atoms with Crippen LogP contribution < -0.4 is 16.0 Å². The molecular formula is C23H22F3N5O. The average molecular weight is 441 g/mol. The quantitative estimate of drug-likeness (QED) is 0.527. The molecule has 6 nitrogen and oxygen atoms in total. The Morgan fingerprint density at radius 3 is 2.59 bits per heavy atom. The lowest BCUT2D eigenvalue weighted by Gasteiger charge is -2.38. The lowest BCUT2D eigenvalue weighted by Crippen LogP contribution is -2.52. The highest BCUT2D eigenvalue weighted by molar-refractivity contribution is 5.70. The van der Waals surface area contributed by atoms with Crippen LogP contribution >= 0.6 is 0 Å². The van der Waals surface area contributed by atoms with Gasteiger partial charge in [-0.25, -0.2) is 18.2 Å². The Kier molecular flexibility index (Phi) is 6.11. The molecule has 1 saturated heterocycles. The van der Waals surface area contributed by atoms with Crippen molar-refractivity contribution in [1.82, 2.24) is 9.97 Å². The van der Waals surface area contributed by atoms with Crippen LogP contribution in [0.15, 0.2) is 60.9 Å². The number of nitrogens with two attached hydrogens (primary N) is 1. The summed E-state index contributed by atoms with van der Waals surface area (Å²) in [7, 11) is 0. The third-order valence-corrected chi connectivity index (χ3v) is 5.35. The highest BCUT2D eigenvalue weighted by Crippen LogP contribution is 2.30. The molecule has 166 valence electrons. The maximum Gasteiger partial charge on any atom is 0.149 e. The first-order valence-corrected chi connectivity index (χ1v) is 9.99. The van der Waals surface area contributed by atoms with Crippen molar-refractivity contribution in [2.24, 2.45) is 5.73 Å². The minimum atomic E-state index is -0.889. The van der Waals surface area contributed by atoms with Gasteiger partial charge in [-0.2, -0.15) is 0 Å². The van der Waals surface area contributed by atoms with Gasteiger partial charge in [-0.3, -0.25) is 4.98 Å². The molecule has 2 atom stereocenters. The lowest BCUT2D eigenvalue weighted by molar-refractivity contribution is 0.169. The molecule has 1 aromatic carbocycles. The SMILES string of the molecule is C=C1CN(c2ccncc2NCc2ccc(F)c(-c3c(F)cccc3F)n2)C[C@@H](N)[C@@H]1O. The minimum Gasteiger partial charge on any atom is -0.387 e. The maximum atomic E-state index is 14.3. The number of aliphatic hydroxyl groups excluding tert-OH is 1. The molecule has 0 spiro atoms. The van der Waals surface area contributed by atoms with Gasteiger partial charge in [0.15, 0.2) is 0 Å². The fourth-order valence-corrected chi connectivity index (χ4v) is 3.71. The molecule has 4 N–H and O–H groups in total. The topological polar surface area (TPSA) is 87.3 Å². The summed E-state index contributed by atoms with van der Waals surface area (Å²) in [5.74, 6) is -2.60. The molecule has 0 saturated carbocycles. The minimum absolute atomic E-state index is 0.158. The van der Waals surface area contributed by atoms with Crippen molar-refractivity contribution >= 4 is 11.4 Å². The lowest BCUT2D eigenvalue weighted by atomic mass is 9.98. The van der Waals surface area contributed by atoms with Crippen LogP contribution in [0.2, 0.25) is 0 Å². The van der Waals surface area contributed by atoms with Crippen LogP contribution in [0.25, 0.3) is 11.3 Å². The van der Waals surface area contributed by atoms with Crippen LogP contribution in [-0.2, 0) is 6.54 Å². The van der Waals surface area contributed by atoms with E-state index >= 15 is 0 Å². The molecule has 3 aromatic rings. The molecule has 0 bridgehead atoms. The molecule has 9 heteroatoms. The number of nitrogens with zero attached hydrogens (tertiary/aromatic N) is 3. The molecule has 0 unspecified atom stereocenters. The molecule has 32 heavy (non-hydrogen) atoms. The van der Waals surface area contributed by atoms with Gasteiger partial charge in [0.25, 0.3) is 0 Å². The molecule has 4 rings (SSSR count). The fourth-order valence-electron chi connectivity index (χ4n) is 3.71. The van der Waals surface area contributed by atoms with E-state index in [1.54, 1.807) is 18.5 Å². The number of aliphatic hydroxyl groups is 1. The van der Waals surface area contributed by atoms with Crippen LogP contribution in [0.1, 0.15) is 5.69 Å². The van der Waals surface area contributed by atoms with Gasteiger partial charge >= 0.3 is 0 Å². The summed E-state index contributed by atoms with van der Waals surface area (Å²) in [5, 5.41) is 13.2. The molecule has 0 amide bonds. The Balaban J connectivity index is 1.57. The third-order valence-electron chi connectivity index (χ3n) is 5.35. The Morgan fingerprint density at radius 1 is 1.12 bits per heavy atom. The first kappa shape index (κ1) is 21.8. The zero-order valence-corrected chi connectivity index (χ0v) is 17.1. The van der Waals surface area contributed by atoms with Crippen LogP contribution in [0.4, 0.5) is 24.5 Å². The Hall–Kier alpha value is -3.43. The molecule has 1 aliphatic heterocycles. The van der Waals surface area contributed by atoms with E-state index in [2.05, 4.69) is 21.9 Å². The predicted molar refractivity (Wildman–Crippen MR) is 116 cm³/mol. The number of aromatic nitrogens is 2. The monoisotopic (exact) mass is 441 g/mol. The zero-order valence-electron chi connectivity index (χ0n) is 17.1. The number of hydrogen-bond donors (Lipinski definition) is 3. The van der Waals surface area contributed by atoms with E-state index in [1.807, 2.05) is 4.90 Å². The summed E-state index contributed by atoms with van der Waals surface area (Å²) >= 11 is 0. The van der Waals surface area contributed by atoms with Crippen LogP contribution in [0, 0.1) is 17.5 Å². The second kappa shape index (κ2) is 8.97. The van der Waals surface area contributed by atoms with Gasteiger partial charge in [-0.1, -0.05) is 12.6 Å². The van der Waals surface area contributed by atoms with E-state index in [0.717, 1.165) is 23.9 Å². The van der Waals surface area contributed by atoms with Crippen LogP contribution in [0.3, 0.4) is 0 Å². The van der Waals surface area contributed by atoms with Gasteiger partial charge in [-0.05, 0) is 35.9 Å². The molecular weight excluding hydrogens is 419 g/mol. The molecule has 2 aromatic heterocycles. The number of nitrogens with one attached hydrogen (secondary N) is 1.